The first kappa shape index (κ1) is 25.3. The third-order valence-corrected chi connectivity index (χ3v) is 3.78. The second-order valence-corrected chi connectivity index (χ2v) is 6.38. The Labute approximate surface area is 171 Å². The largest absolute Gasteiger partial charge is 0.416 e. The molecule has 0 unspecified atom stereocenters. The molecule has 2 aromatic rings. The first-order chi connectivity index (χ1) is 14.3. The molecule has 32 heavy (non-hydrogen) atoms. The fourth-order valence-corrected chi connectivity index (χ4v) is 2.46. The predicted octanol–water partition coefficient (Wildman–Crippen LogP) is 7.92. The van der Waals surface area contributed by atoms with Crippen molar-refractivity contribution in [2.45, 2.75) is 31.6 Å². The van der Waals surface area contributed by atoms with Gasteiger partial charge in [0.25, 0.3) is 0 Å². The van der Waals surface area contributed by atoms with Crippen molar-refractivity contribution < 1.29 is 52.7 Å². The zero-order valence-electron chi connectivity index (χ0n) is 15.4. The molecule has 0 spiro atoms. The number of amidine groups is 1. The van der Waals surface area contributed by atoms with Gasteiger partial charge in [-0.1, -0.05) is 0 Å². The molecule has 1 N–H and O–H groups in total. The maximum atomic E-state index is 12.9. The number of benzene rings is 2. The number of aliphatic imine (C=N–C) groups is 1. The monoisotopic (exact) mass is 482 g/mol. The van der Waals surface area contributed by atoms with Gasteiger partial charge in [0.1, 0.15) is 5.84 Å². The number of nitrogens with zero attached hydrogens (tertiary/aromatic N) is 1. The average molecular weight is 482 g/mol. The van der Waals surface area contributed by atoms with Crippen LogP contribution in [0.3, 0.4) is 0 Å². The summed E-state index contributed by atoms with van der Waals surface area (Å²) in [5.41, 5.74) is -8.41. The fraction of sp³-hybridized carbons (Fsp3) is 0.278. The third kappa shape index (κ3) is 6.53. The second-order valence-electron chi connectivity index (χ2n) is 6.38. The number of halogens is 12. The molecule has 176 valence electrons. The van der Waals surface area contributed by atoms with E-state index in [-0.39, 0.29) is 36.4 Å². The van der Waals surface area contributed by atoms with Crippen molar-refractivity contribution in [3.63, 3.8) is 0 Å². The van der Waals surface area contributed by atoms with Gasteiger partial charge in [-0.2, -0.15) is 52.7 Å². The van der Waals surface area contributed by atoms with Gasteiger partial charge in [-0.25, -0.2) is 4.99 Å². The zero-order chi connectivity index (χ0) is 24.7. The average Bonchev–Trinajstić information content (AvgIpc) is 2.58. The highest BCUT2D eigenvalue weighted by atomic mass is 19.4. The Morgan fingerprint density at radius 3 is 1.19 bits per heavy atom. The molecule has 0 atom stereocenters. The van der Waals surface area contributed by atoms with Crippen LogP contribution in [0.1, 0.15) is 29.2 Å². The van der Waals surface area contributed by atoms with E-state index in [2.05, 4.69) is 4.99 Å². The summed E-state index contributed by atoms with van der Waals surface area (Å²) in [6, 6.07) is 0.731. The number of hydrogen-bond donors (Lipinski definition) is 1. The molecule has 0 fully saturated rings. The van der Waals surface area contributed by atoms with E-state index in [0.29, 0.717) is 0 Å². The van der Waals surface area contributed by atoms with Gasteiger partial charge in [0.15, 0.2) is 0 Å². The molecule has 0 amide bonds. The van der Waals surface area contributed by atoms with Gasteiger partial charge in [-0.15, -0.1) is 0 Å². The Hall–Kier alpha value is -2.93. The van der Waals surface area contributed by atoms with Crippen LogP contribution in [-0.2, 0) is 24.7 Å². The van der Waals surface area contributed by atoms with Gasteiger partial charge in [0.05, 0.1) is 27.9 Å². The molecule has 0 saturated heterocycles. The molecule has 0 radical (unpaired) electrons. The quantitative estimate of drug-likeness (QED) is 0.263. The zero-order valence-corrected chi connectivity index (χ0v) is 15.4. The van der Waals surface area contributed by atoms with Crippen LogP contribution >= 0.6 is 0 Å². The van der Waals surface area contributed by atoms with Gasteiger partial charge >= 0.3 is 24.7 Å². The number of anilines is 1. The van der Waals surface area contributed by atoms with Crippen molar-refractivity contribution in [2.24, 2.45) is 4.99 Å². The lowest BCUT2D eigenvalue weighted by Gasteiger charge is -2.15. The van der Waals surface area contributed by atoms with Crippen molar-refractivity contribution >= 4 is 17.2 Å². The molecule has 2 rings (SSSR count). The smallest absolute Gasteiger partial charge is 0.344 e. The Morgan fingerprint density at radius 2 is 0.875 bits per heavy atom. The van der Waals surface area contributed by atoms with Crippen LogP contribution in [0.25, 0.3) is 0 Å². The van der Waals surface area contributed by atoms with Crippen LogP contribution in [0.2, 0.25) is 0 Å². The molecule has 14 heteroatoms. The molecule has 0 aromatic heterocycles. The highest BCUT2D eigenvalue weighted by Gasteiger charge is 2.38. The second kappa shape index (κ2) is 8.20. The maximum Gasteiger partial charge on any atom is 0.416 e. The summed E-state index contributed by atoms with van der Waals surface area (Å²) >= 11 is 0. The standard InChI is InChI=1S/C18H10F12N2/c1-8(31-13-4-9(15(19,20)21)2-10(5-13)16(22,23)24)32-14-6-11(17(25,26)27)3-12(7-14)18(28,29)30/h2-7H,1H3,(H,31,32). The normalized spacial score (nSPS) is 14.0. The minimum Gasteiger partial charge on any atom is -0.344 e. The molecule has 0 aliphatic carbocycles. The lowest BCUT2D eigenvalue weighted by Crippen LogP contribution is -2.14. The molecule has 2 nitrogen and oxygen atoms in total. The van der Waals surface area contributed by atoms with Crippen LogP contribution in [0.5, 0.6) is 0 Å². The minimum absolute atomic E-state index is 0.153. The summed E-state index contributed by atoms with van der Waals surface area (Å²) in [6.07, 6.45) is -20.7. The molecular weight excluding hydrogens is 472 g/mol. The van der Waals surface area contributed by atoms with E-state index in [9.17, 15) is 52.7 Å². The van der Waals surface area contributed by atoms with Gasteiger partial charge in [-0.3, -0.25) is 0 Å². The van der Waals surface area contributed by atoms with Gasteiger partial charge in [-0.05, 0) is 43.3 Å². The Bertz CT molecular complexity index is 946. The number of hydrogen-bond acceptors (Lipinski definition) is 1. The van der Waals surface area contributed by atoms with Crippen LogP contribution in [0.15, 0.2) is 41.4 Å². The molecule has 0 heterocycles. The van der Waals surface area contributed by atoms with Gasteiger partial charge in [0.2, 0.25) is 0 Å². The molecular formula is C18H10F12N2. The van der Waals surface area contributed by atoms with Crippen molar-refractivity contribution in [3.05, 3.63) is 58.7 Å². The third-order valence-electron chi connectivity index (χ3n) is 3.78. The van der Waals surface area contributed by atoms with Crippen LogP contribution in [0.4, 0.5) is 64.1 Å². The summed E-state index contributed by atoms with van der Waals surface area (Å²) in [7, 11) is 0. The number of rotatable bonds is 2. The predicted molar refractivity (Wildman–Crippen MR) is 89.3 cm³/mol. The van der Waals surface area contributed by atoms with E-state index in [4.69, 9.17) is 0 Å². The highest BCUT2D eigenvalue weighted by Crippen LogP contribution is 2.39. The van der Waals surface area contributed by atoms with E-state index >= 15 is 0 Å². The van der Waals surface area contributed by atoms with Gasteiger partial charge in [0, 0.05) is 5.69 Å². The summed E-state index contributed by atoms with van der Waals surface area (Å²) < 4.78 is 155. The van der Waals surface area contributed by atoms with E-state index < -0.39 is 64.2 Å². The molecule has 0 saturated carbocycles. The lowest BCUT2D eigenvalue weighted by atomic mass is 10.1. The summed E-state index contributed by atoms with van der Waals surface area (Å²) in [5.74, 6) is -0.565. The molecule has 0 aliphatic heterocycles. The molecule has 0 bridgehead atoms. The van der Waals surface area contributed by atoms with E-state index in [1.165, 1.54) is 0 Å². The Kier molecular flexibility index (Phi) is 6.49. The Morgan fingerprint density at radius 1 is 0.562 bits per heavy atom. The Balaban J connectivity index is 2.51. The van der Waals surface area contributed by atoms with E-state index in [1.54, 1.807) is 0 Å². The maximum absolute atomic E-state index is 12.9. The molecule has 0 aliphatic rings. The lowest BCUT2D eigenvalue weighted by molar-refractivity contribution is -0.144. The SMILES string of the molecule is CC(=Nc1cc(C(F)(F)F)cc(C(F)(F)F)c1)Nc1cc(C(F)(F)F)cc(C(F)(F)F)c1. The van der Waals surface area contributed by atoms with Crippen LogP contribution in [0, 0.1) is 0 Å². The number of nitrogens with one attached hydrogen (secondary N) is 1. The van der Waals surface area contributed by atoms with Crippen LogP contribution in [-0.4, -0.2) is 5.84 Å². The highest BCUT2D eigenvalue weighted by molar-refractivity contribution is 5.95. The summed E-state index contributed by atoms with van der Waals surface area (Å²) in [5, 5.41) is 2.02. The van der Waals surface area contributed by atoms with Gasteiger partial charge < -0.3 is 5.32 Å². The fourth-order valence-electron chi connectivity index (χ4n) is 2.46. The topological polar surface area (TPSA) is 24.4 Å². The van der Waals surface area contributed by atoms with Crippen molar-refractivity contribution in [1.29, 1.82) is 0 Å². The van der Waals surface area contributed by atoms with E-state index in [0.717, 1.165) is 6.92 Å². The minimum atomic E-state index is -5.17. The van der Waals surface area contributed by atoms with E-state index in [1.807, 2.05) is 5.32 Å². The summed E-state index contributed by atoms with van der Waals surface area (Å²) in [6.45, 7) is 0.932. The first-order valence-electron chi connectivity index (χ1n) is 8.18. The van der Waals surface area contributed by atoms with Crippen molar-refractivity contribution in [3.8, 4) is 0 Å². The summed E-state index contributed by atoms with van der Waals surface area (Å²) in [4.78, 5) is 3.43. The van der Waals surface area contributed by atoms with Crippen LogP contribution < -0.4 is 5.32 Å². The number of alkyl halides is 12. The van der Waals surface area contributed by atoms with Crippen molar-refractivity contribution in [1.82, 2.24) is 0 Å². The molecule has 2 aromatic carbocycles. The first-order valence-corrected chi connectivity index (χ1v) is 8.18. The van der Waals surface area contributed by atoms with Crippen molar-refractivity contribution in [2.75, 3.05) is 5.32 Å².